The fraction of sp³-hybridized carbons (Fsp3) is 0.300. The van der Waals surface area contributed by atoms with E-state index < -0.39 is 16.9 Å². The molecule has 6 heteroatoms. The molecule has 0 aliphatic carbocycles. The van der Waals surface area contributed by atoms with Crippen molar-refractivity contribution in [3.63, 3.8) is 0 Å². The molecule has 0 heterocycles. The molecule has 0 spiro atoms. The number of rotatable bonds is 4. The van der Waals surface area contributed by atoms with Gasteiger partial charge in [-0.15, -0.1) is 0 Å². The molecular weight excluding hydrogens is 212 g/mol. The number of benzene rings is 1. The molecule has 0 unspecified atom stereocenters. The molecule has 0 saturated carbocycles. The molecule has 86 valence electrons. The highest BCUT2D eigenvalue weighted by Crippen LogP contribution is 2.23. The Morgan fingerprint density at radius 1 is 1.62 bits per heavy atom. The average molecular weight is 224 g/mol. The molecule has 0 amide bonds. The molecule has 16 heavy (non-hydrogen) atoms. The van der Waals surface area contributed by atoms with E-state index in [1.807, 2.05) is 0 Å². The van der Waals surface area contributed by atoms with Crippen LogP contribution in [0.25, 0.3) is 0 Å². The number of nitro groups is 1. The number of nitrogens with two attached hydrogens (primary N) is 1. The van der Waals surface area contributed by atoms with E-state index in [2.05, 4.69) is 0 Å². The van der Waals surface area contributed by atoms with Gasteiger partial charge < -0.3 is 10.8 Å². The number of hydrogen-bond acceptors (Lipinski definition) is 4. The van der Waals surface area contributed by atoms with Gasteiger partial charge in [-0.1, -0.05) is 18.2 Å². The molecule has 6 nitrogen and oxygen atoms in total. The molecule has 1 atom stereocenters. The van der Waals surface area contributed by atoms with E-state index in [0.717, 1.165) is 0 Å². The van der Waals surface area contributed by atoms with Crippen LogP contribution in [0.2, 0.25) is 0 Å². The molecule has 0 saturated heterocycles. The molecule has 3 N–H and O–H groups in total. The van der Waals surface area contributed by atoms with Crippen molar-refractivity contribution < 1.29 is 14.8 Å². The van der Waals surface area contributed by atoms with Gasteiger partial charge in [0.2, 0.25) is 0 Å². The Morgan fingerprint density at radius 2 is 2.25 bits per heavy atom. The normalized spacial score (nSPS) is 12.1. The SMILES string of the molecule is Cc1cccc(C[C@H](N)C(=O)O)c1[N+](=O)[O-]. The van der Waals surface area contributed by atoms with Gasteiger partial charge in [0.15, 0.2) is 0 Å². The van der Waals surface area contributed by atoms with Crippen LogP contribution < -0.4 is 5.73 Å². The van der Waals surface area contributed by atoms with E-state index in [0.29, 0.717) is 11.1 Å². The third-order valence-electron chi connectivity index (χ3n) is 2.26. The minimum atomic E-state index is -1.17. The van der Waals surface area contributed by atoms with Gasteiger partial charge in [0.25, 0.3) is 5.69 Å². The summed E-state index contributed by atoms with van der Waals surface area (Å²) in [5, 5.41) is 19.5. The van der Waals surface area contributed by atoms with Crippen LogP contribution in [-0.2, 0) is 11.2 Å². The van der Waals surface area contributed by atoms with Crippen LogP contribution >= 0.6 is 0 Å². The van der Waals surface area contributed by atoms with Gasteiger partial charge in [0.1, 0.15) is 6.04 Å². The molecule has 1 aromatic carbocycles. The highest BCUT2D eigenvalue weighted by molar-refractivity contribution is 5.74. The molecule has 0 radical (unpaired) electrons. The van der Waals surface area contributed by atoms with E-state index >= 15 is 0 Å². The first-order valence-electron chi connectivity index (χ1n) is 4.64. The van der Waals surface area contributed by atoms with Gasteiger partial charge in [0, 0.05) is 17.5 Å². The zero-order chi connectivity index (χ0) is 12.3. The van der Waals surface area contributed by atoms with Crippen LogP contribution in [0, 0.1) is 17.0 Å². The van der Waals surface area contributed by atoms with Crippen molar-refractivity contribution in [1.29, 1.82) is 0 Å². The van der Waals surface area contributed by atoms with Crippen molar-refractivity contribution >= 4 is 11.7 Å². The van der Waals surface area contributed by atoms with Crippen molar-refractivity contribution in [2.45, 2.75) is 19.4 Å². The number of aliphatic carboxylic acids is 1. The third-order valence-corrected chi connectivity index (χ3v) is 2.26. The highest BCUT2D eigenvalue weighted by Gasteiger charge is 2.21. The number of carboxylic acid groups (broad SMARTS) is 1. The first-order chi connectivity index (χ1) is 7.43. The molecular formula is C10H12N2O4. The molecule has 0 aliphatic heterocycles. The second-order valence-electron chi connectivity index (χ2n) is 3.49. The number of aryl methyl sites for hydroxylation is 1. The molecule has 0 fully saturated rings. The molecule has 1 rings (SSSR count). The second kappa shape index (κ2) is 4.71. The van der Waals surface area contributed by atoms with Crippen molar-refractivity contribution in [2.24, 2.45) is 5.73 Å². The maximum absolute atomic E-state index is 10.8. The van der Waals surface area contributed by atoms with Crippen LogP contribution in [0.15, 0.2) is 18.2 Å². The molecule has 0 aliphatic rings. The lowest BCUT2D eigenvalue weighted by molar-refractivity contribution is -0.386. The number of carboxylic acids is 1. The standard InChI is InChI=1S/C10H12N2O4/c1-6-3-2-4-7(9(6)12(15)16)5-8(11)10(13)14/h2-4,8H,5,11H2,1H3,(H,13,14)/t8-/m0/s1. The largest absolute Gasteiger partial charge is 0.480 e. The van der Waals surface area contributed by atoms with Crippen molar-refractivity contribution in [1.82, 2.24) is 0 Å². The summed E-state index contributed by atoms with van der Waals surface area (Å²) in [6.07, 6.45) is -0.0483. The summed E-state index contributed by atoms with van der Waals surface area (Å²) < 4.78 is 0. The highest BCUT2D eigenvalue weighted by atomic mass is 16.6. The Hall–Kier alpha value is -1.95. The van der Waals surface area contributed by atoms with Gasteiger partial charge in [-0.2, -0.15) is 0 Å². The smallest absolute Gasteiger partial charge is 0.320 e. The minimum absolute atomic E-state index is 0.0483. The molecule has 1 aromatic rings. The fourth-order valence-corrected chi connectivity index (χ4v) is 1.47. The first kappa shape index (κ1) is 12.1. The van der Waals surface area contributed by atoms with Crippen molar-refractivity contribution in [3.8, 4) is 0 Å². The lowest BCUT2D eigenvalue weighted by Gasteiger charge is -2.08. The quantitative estimate of drug-likeness (QED) is 0.582. The van der Waals surface area contributed by atoms with Gasteiger partial charge in [-0.3, -0.25) is 14.9 Å². The zero-order valence-electron chi connectivity index (χ0n) is 8.71. The number of nitro benzene ring substituents is 1. The zero-order valence-corrected chi connectivity index (χ0v) is 8.71. The van der Waals surface area contributed by atoms with E-state index in [9.17, 15) is 14.9 Å². The summed E-state index contributed by atoms with van der Waals surface area (Å²) in [4.78, 5) is 20.9. The number of para-hydroxylation sites is 1. The van der Waals surface area contributed by atoms with Gasteiger partial charge in [-0.25, -0.2) is 0 Å². The number of hydrogen-bond donors (Lipinski definition) is 2. The van der Waals surface area contributed by atoms with Gasteiger partial charge >= 0.3 is 5.97 Å². The van der Waals surface area contributed by atoms with Gasteiger partial charge in [0.05, 0.1) is 4.92 Å². The van der Waals surface area contributed by atoms with Crippen molar-refractivity contribution in [2.75, 3.05) is 0 Å². The Balaban J connectivity index is 3.09. The van der Waals surface area contributed by atoms with E-state index in [1.165, 1.54) is 6.07 Å². The monoisotopic (exact) mass is 224 g/mol. The molecule has 0 aromatic heterocycles. The minimum Gasteiger partial charge on any atom is -0.480 e. The summed E-state index contributed by atoms with van der Waals surface area (Å²) in [6, 6.07) is 3.65. The summed E-state index contributed by atoms with van der Waals surface area (Å²) in [6.45, 7) is 1.61. The summed E-state index contributed by atoms with van der Waals surface area (Å²) in [5.41, 5.74) is 6.14. The van der Waals surface area contributed by atoms with Crippen LogP contribution in [0.4, 0.5) is 5.69 Å². The maximum atomic E-state index is 10.8. The average Bonchev–Trinajstić information content (AvgIpc) is 2.16. The van der Waals surface area contributed by atoms with Gasteiger partial charge in [-0.05, 0) is 6.92 Å². The number of nitrogens with zero attached hydrogens (tertiary/aromatic N) is 1. The van der Waals surface area contributed by atoms with Crippen LogP contribution in [0.5, 0.6) is 0 Å². The van der Waals surface area contributed by atoms with E-state index in [4.69, 9.17) is 10.8 Å². The Bertz CT molecular complexity index is 431. The predicted molar refractivity (Wildman–Crippen MR) is 57.1 cm³/mol. The van der Waals surface area contributed by atoms with Crippen LogP contribution in [0.3, 0.4) is 0 Å². The lowest BCUT2D eigenvalue weighted by Crippen LogP contribution is -2.32. The Kier molecular flexibility index (Phi) is 3.57. The summed E-state index contributed by atoms with van der Waals surface area (Å²) in [7, 11) is 0. The summed E-state index contributed by atoms with van der Waals surface area (Å²) in [5.74, 6) is -1.17. The fourth-order valence-electron chi connectivity index (χ4n) is 1.47. The van der Waals surface area contributed by atoms with E-state index in [-0.39, 0.29) is 12.1 Å². The second-order valence-corrected chi connectivity index (χ2v) is 3.49. The Labute approximate surface area is 91.8 Å². The van der Waals surface area contributed by atoms with Crippen LogP contribution in [-0.4, -0.2) is 22.0 Å². The van der Waals surface area contributed by atoms with E-state index in [1.54, 1.807) is 19.1 Å². The first-order valence-corrected chi connectivity index (χ1v) is 4.64. The topological polar surface area (TPSA) is 106 Å². The summed E-state index contributed by atoms with van der Waals surface area (Å²) >= 11 is 0. The van der Waals surface area contributed by atoms with Crippen molar-refractivity contribution in [3.05, 3.63) is 39.4 Å². The Morgan fingerprint density at radius 3 is 2.75 bits per heavy atom. The van der Waals surface area contributed by atoms with Crippen LogP contribution in [0.1, 0.15) is 11.1 Å². The maximum Gasteiger partial charge on any atom is 0.320 e. The lowest BCUT2D eigenvalue weighted by atomic mass is 10.0. The predicted octanol–water partition coefficient (Wildman–Crippen LogP) is 0.858. The molecule has 0 bridgehead atoms. The third kappa shape index (κ3) is 2.54. The number of carbonyl (C=O) groups is 1.